The summed E-state index contributed by atoms with van der Waals surface area (Å²) in [5.74, 6) is -2.83. The van der Waals surface area contributed by atoms with Crippen molar-refractivity contribution in [1.29, 1.82) is 0 Å². The molecule has 1 amide bonds. The van der Waals surface area contributed by atoms with Crippen molar-refractivity contribution in [2.75, 3.05) is 17.6 Å². The van der Waals surface area contributed by atoms with Gasteiger partial charge in [0.05, 0.1) is 6.54 Å². The van der Waals surface area contributed by atoms with E-state index in [9.17, 15) is 13.6 Å². The first-order chi connectivity index (χ1) is 8.19. The van der Waals surface area contributed by atoms with Crippen molar-refractivity contribution in [2.45, 2.75) is 26.3 Å². The number of hydrogen-bond acceptors (Lipinski definition) is 4. The molecule has 0 aliphatic rings. The number of hydrogen-bond donors (Lipinski definition) is 3. The van der Waals surface area contributed by atoms with E-state index in [4.69, 9.17) is 5.73 Å². The molecule has 100 valence electrons. The van der Waals surface area contributed by atoms with Gasteiger partial charge in [-0.1, -0.05) is 0 Å². The second-order valence-electron chi connectivity index (χ2n) is 4.84. The number of carbonyl (C=O) groups is 1. The molecule has 0 aliphatic heterocycles. The average Bonchev–Trinajstić information content (AvgIpc) is 2.19. The molecule has 0 atom stereocenters. The van der Waals surface area contributed by atoms with E-state index in [0.29, 0.717) is 6.07 Å². The van der Waals surface area contributed by atoms with E-state index in [-0.39, 0.29) is 23.8 Å². The molecule has 18 heavy (non-hydrogen) atoms. The highest BCUT2D eigenvalue weighted by molar-refractivity contribution is 5.81. The van der Waals surface area contributed by atoms with E-state index < -0.39 is 17.5 Å². The van der Waals surface area contributed by atoms with Gasteiger partial charge in [-0.15, -0.1) is 0 Å². The quantitative estimate of drug-likeness (QED) is 0.762. The molecule has 1 rings (SSSR count). The van der Waals surface area contributed by atoms with Crippen LogP contribution in [0.25, 0.3) is 0 Å². The number of nitrogens with one attached hydrogen (secondary N) is 2. The topological polar surface area (TPSA) is 80.0 Å². The van der Waals surface area contributed by atoms with Crippen LogP contribution in [0.4, 0.5) is 20.4 Å². The van der Waals surface area contributed by atoms with Crippen LogP contribution in [0.15, 0.2) is 6.07 Å². The maximum atomic E-state index is 13.3. The normalized spacial score (nSPS) is 11.2. The molecule has 5 nitrogen and oxygen atoms in total. The molecule has 0 fully saturated rings. The van der Waals surface area contributed by atoms with Gasteiger partial charge in [-0.3, -0.25) is 4.79 Å². The Morgan fingerprint density at radius 2 is 2.00 bits per heavy atom. The van der Waals surface area contributed by atoms with Crippen LogP contribution in [-0.2, 0) is 4.79 Å². The van der Waals surface area contributed by atoms with Crippen molar-refractivity contribution in [2.24, 2.45) is 0 Å². The fourth-order valence-electron chi connectivity index (χ4n) is 1.23. The van der Waals surface area contributed by atoms with Gasteiger partial charge in [0.2, 0.25) is 5.91 Å². The molecule has 0 unspecified atom stereocenters. The van der Waals surface area contributed by atoms with Gasteiger partial charge in [-0.2, -0.15) is 0 Å². The van der Waals surface area contributed by atoms with Crippen molar-refractivity contribution >= 4 is 17.5 Å². The summed E-state index contributed by atoms with van der Waals surface area (Å²) in [6, 6.07) is 0.617. The largest absolute Gasteiger partial charge is 0.381 e. The molecule has 0 aromatic carbocycles. The zero-order valence-electron chi connectivity index (χ0n) is 10.5. The maximum Gasteiger partial charge on any atom is 0.239 e. The fourth-order valence-corrected chi connectivity index (χ4v) is 1.23. The van der Waals surface area contributed by atoms with Crippen LogP contribution in [0.3, 0.4) is 0 Å². The number of rotatable bonds is 3. The molecule has 0 spiro atoms. The van der Waals surface area contributed by atoms with Crippen LogP contribution in [0.5, 0.6) is 0 Å². The lowest BCUT2D eigenvalue weighted by Crippen LogP contribution is -2.43. The zero-order chi connectivity index (χ0) is 13.9. The van der Waals surface area contributed by atoms with Crippen LogP contribution < -0.4 is 16.4 Å². The Bertz CT molecular complexity index is 457. The second-order valence-corrected chi connectivity index (χ2v) is 4.84. The van der Waals surface area contributed by atoms with Crippen molar-refractivity contribution in [3.8, 4) is 0 Å². The number of carbonyl (C=O) groups excluding carboxylic acids is 1. The Hall–Kier alpha value is -1.92. The van der Waals surface area contributed by atoms with Crippen LogP contribution in [0.1, 0.15) is 20.8 Å². The zero-order valence-corrected chi connectivity index (χ0v) is 10.5. The second kappa shape index (κ2) is 5.16. The average molecular weight is 258 g/mol. The summed E-state index contributed by atoms with van der Waals surface area (Å²) in [5, 5.41) is 5.14. The molecular weight excluding hydrogens is 242 g/mol. The van der Waals surface area contributed by atoms with Gasteiger partial charge >= 0.3 is 0 Å². The minimum atomic E-state index is -0.933. The highest BCUT2D eigenvalue weighted by Gasteiger charge is 2.15. The molecule has 1 heterocycles. The Labute approximate surface area is 104 Å². The third kappa shape index (κ3) is 4.15. The predicted molar refractivity (Wildman–Crippen MR) is 65.0 cm³/mol. The smallest absolute Gasteiger partial charge is 0.239 e. The minimum Gasteiger partial charge on any atom is -0.381 e. The summed E-state index contributed by atoms with van der Waals surface area (Å²) in [6.45, 7) is 5.28. The van der Waals surface area contributed by atoms with Crippen LogP contribution in [-0.4, -0.2) is 23.0 Å². The molecule has 1 aromatic heterocycles. The summed E-state index contributed by atoms with van der Waals surface area (Å²) in [7, 11) is 0. The highest BCUT2D eigenvalue weighted by Crippen LogP contribution is 2.16. The lowest BCUT2D eigenvalue weighted by molar-refractivity contribution is -0.120. The van der Waals surface area contributed by atoms with Gasteiger partial charge < -0.3 is 16.4 Å². The van der Waals surface area contributed by atoms with Gasteiger partial charge in [0, 0.05) is 11.6 Å². The molecule has 1 aromatic rings. The summed E-state index contributed by atoms with van der Waals surface area (Å²) >= 11 is 0. The third-order valence-electron chi connectivity index (χ3n) is 1.89. The Morgan fingerprint density at radius 1 is 1.39 bits per heavy atom. The number of nitrogens with zero attached hydrogens (tertiary/aromatic N) is 1. The monoisotopic (exact) mass is 258 g/mol. The number of aromatic nitrogens is 1. The number of pyridine rings is 1. The van der Waals surface area contributed by atoms with Crippen LogP contribution >= 0.6 is 0 Å². The molecule has 4 N–H and O–H groups in total. The van der Waals surface area contributed by atoms with Gasteiger partial charge in [-0.25, -0.2) is 13.8 Å². The van der Waals surface area contributed by atoms with E-state index in [1.165, 1.54) is 0 Å². The number of nitrogens with two attached hydrogens (primary N) is 1. The summed E-state index contributed by atoms with van der Waals surface area (Å²) in [6.07, 6.45) is 0. The van der Waals surface area contributed by atoms with Crippen molar-refractivity contribution < 1.29 is 13.6 Å². The number of nitrogen functional groups attached to an aromatic ring is 1. The fraction of sp³-hybridized carbons (Fsp3) is 0.455. The SMILES string of the molecule is CC(C)(C)NC(=O)CNc1nc(N)c(F)cc1F. The van der Waals surface area contributed by atoms with E-state index in [2.05, 4.69) is 15.6 Å². The van der Waals surface area contributed by atoms with Gasteiger partial charge in [0.1, 0.15) is 0 Å². The first kappa shape index (κ1) is 14.1. The number of anilines is 2. The number of amides is 1. The molecule has 0 saturated carbocycles. The summed E-state index contributed by atoms with van der Waals surface area (Å²) in [4.78, 5) is 14.9. The molecular formula is C11H16F2N4O. The van der Waals surface area contributed by atoms with E-state index in [0.717, 1.165) is 0 Å². The predicted octanol–water partition coefficient (Wildman–Crippen LogP) is 1.27. The first-order valence-electron chi connectivity index (χ1n) is 5.35. The molecule has 0 bridgehead atoms. The number of halogens is 2. The molecule has 7 heteroatoms. The first-order valence-corrected chi connectivity index (χ1v) is 5.35. The third-order valence-corrected chi connectivity index (χ3v) is 1.89. The van der Waals surface area contributed by atoms with Crippen molar-refractivity contribution in [3.05, 3.63) is 17.7 Å². The van der Waals surface area contributed by atoms with Crippen LogP contribution in [0, 0.1) is 11.6 Å². The molecule has 0 saturated heterocycles. The van der Waals surface area contributed by atoms with Crippen molar-refractivity contribution in [1.82, 2.24) is 10.3 Å². The van der Waals surface area contributed by atoms with Crippen LogP contribution in [0.2, 0.25) is 0 Å². The standard InChI is InChI=1S/C11H16F2N4O/c1-11(2,3)17-8(18)5-15-10-7(13)4-6(12)9(14)16-10/h4H,5H2,1-3H3,(H,17,18)(H3,14,15,16). The lowest BCUT2D eigenvalue weighted by atomic mass is 10.1. The summed E-state index contributed by atoms with van der Waals surface area (Å²) < 4.78 is 26.1. The Morgan fingerprint density at radius 3 is 2.56 bits per heavy atom. The Balaban J connectivity index is 2.64. The minimum absolute atomic E-state index is 0.174. The maximum absolute atomic E-state index is 13.3. The Kier molecular flexibility index (Phi) is 4.05. The van der Waals surface area contributed by atoms with Crippen molar-refractivity contribution in [3.63, 3.8) is 0 Å². The highest BCUT2D eigenvalue weighted by atomic mass is 19.1. The van der Waals surface area contributed by atoms with Gasteiger partial charge in [0.15, 0.2) is 23.3 Å². The lowest BCUT2D eigenvalue weighted by Gasteiger charge is -2.20. The van der Waals surface area contributed by atoms with Gasteiger partial charge in [0.25, 0.3) is 0 Å². The molecule has 0 radical (unpaired) electrons. The molecule has 0 aliphatic carbocycles. The van der Waals surface area contributed by atoms with E-state index in [1.54, 1.807) is 0 Å². The van der Waals surface area contributed by atoms with Gasteiger partial charge in [-0.05, 0) is 20.8 Å². The van der Waals surface area contributed by atoms with E-state index >= 15 is 0 Å². The van der Waals surface area contributed by atoms with E-state index in [1.807, 2.05) is 20.8 Å². The summed E-state index contributed by atoms with van der Waals surface area (Å²) in [5.41, 5.74) is 4.82.